The van der Waals surface area contributed by atoms with Crippen LogP contribution in [0.25, 0.3) is 0 Å². The number of benzene rings is 1. The summed E-state index contributed by atoms with van der Waals surface area (Å²) in [5.41, 5.74) is -0.414. The summed E-state index contributed by atoms with van der Waals surface area (Å²) in [5, 5.41) is 2.86. The topological polar surface area (TPSA) is 96.9 Å². The summed E-state index contributed by atoms with van der Waals surface area (Å²) in [7, 11) is 0. The molecule has 1 aliphatic heterocycles. The molecule has 1 aromatic carbocycles. The number of hydrogen-bond acceptors (Lipinski definition) is 7. The number of rotatable bonds is 8. The zero-order chi connectivity index (χ0) is 27.2. The molecule has 2 amide bonds. The maximum atomic E-state index is 14.2. The number of nitrogens with zero attached hydrogens (tertiary/aromatic N) is 4. The lowest BCUT2D eigenvalue weighted by molar-refractivity contribution is 0.0517. The van der Waals surface area contributed by atoms with Crippen LogP contribution in [-0.4, -0.2) is 64.7 Å². The average molecular weight is 516 g/mol. The zero-order valence-corrected chi connectivity index (χ0v) is 22.6. The fourth-order valence-electron chi connectivity index (χ4n) is 4.36. The van der Waals surface area contributed by atoms with E-state index in [4.69, 9.17) is 9.47 Å². The molecule has 2 aromatic rings. The van der Waals surface area contributed by atoms with E-state index in [1.54, 1.807) is 11.1 Å². The summed E-state index contributed by atoms with van der Waals surface area (Å²) in [5.74, 6) is 0.554. The van der Waals surface area contributed by atoms with Gasteiger partial charge in [-0.3, -0.25) is 4.79 Å². The normalized spacial score (nSPS) is 15.9. The Hall–Kier alpha value is -3.43. The highest BCUT2D eigenvalue weighted by atomic mass is 19.1. The highest BCUT2D eigenvalue weighted by Crippen LogP contribution is 2.34. The molecule has 9 nitrogen and oxygen atoms in total. The maximum absolute atomic E-state index is 14.2. The predicted octanol–water partition coefficient (Wildman–Crippen LogP) is 5.02. The van der Waals surface area contributed by atoms with Gasteiger partial charge in [-0.15, -0.1) is 0 Å². The minimum Gasteiger partial charge on any atom is -0.451 e. The second kappa shape index (κ2) is 12.2. The number of ether oxygens (including phenoxy) is 2. The Morgan fingerprint density at radius 3 is 2.70 bits per heavy atom. The number of carbonyl (C=O) groups excluding carboxylic acids is 2. The molecule has 1 saturated heterocycles. The predicted molar refractivity (Wildman–Crippen MR) is 140 cm³/mol. The van der Waals surface area contributed by atoms with Gasteiger partial charge in [0.05, 0.1) is 11.8 Å². The number of nitrogens with one attached hydrogen (secondary N) is 1. The Bertz CT molecular complexity index is 1090. The van der Waals surface area contributed by atoms with Crippen LogP contribution in [0.2, 0.25) is 0 Å². The number of piperidine rings is 1. The minimum absolute atomic E-state index is 0.0520. The van der Waals surface area contributed by atoms with E-state index >= 15 is 0 Å². The van der Waals surface area contributed by atoms with Crippen molar-refractivity contribution >= 4 is 17.8 Å². The van der Waals surface area contributed by atoms with E-state index in [-0.39, 0.29) is 29.2 Å². The Kier molecular flexibility index (Phi) is 9.29. The third kappa shape index (κ3) is 7.77. The van der Waals surface area contributed by atoms with Crippen molar-refractivity contribution in [3.05, 3.63) is 42.1 Å². The van der Waals surface area contributed by atoms with Crippen molar-refractivity contribution in [2.24, 2.45) is 5.92 Å². The number of anilines is 1. The molecule has 10 heteroatoms. The number of alkyl carbamates (subject to hydrolysis) is 1. The van der Waals surface area contributed by atoms with Gasteiger partial charge in [0.25, 0.3) is 5.91 Å². The lowest BCUT2D eigenvalue weighted by Gasteiger charge is -2.34. The molecule has 1 aliphatic rings. The van der Waals surface area contributed by atoms with Gasteiger partial charge in [-0.25, -0.2) is 19.2 Å². The van der Waals surface area contributed by atoms with Crippen molar-refractivity contribution in [3.63, 3.8) is 0 Å². The molecule has 202 valence electrons. The maximum Gasteiger partial charge on any atom is 0.407 e. The van der Waals surface area contributed by atoms with Gasteiger partial charge in [-0.05, 0) is 78.5 Å². The summed E-state index contributed by atoms with van der Waals surface area (Å²) in [6.45, 7) is 13.5. The molecule has 37 heavy (non-hydrogen) atoms. The van der Waals surface area contributed by atoms with Crippen molar-refractivity contribution in [3.8, 4) is 11.5 Å². The Morgan fingerprint density at radius 2 is 2.03 bits per heavy atom. The van der Waals surface area contributed by atoms with Gasteiger partial charge in [0.15, 0.2) is 11.6 Å². The van der Waals surface area contributed by atoms with Crippen molar-refractivity contribution < 1.29 is 23.5 Å². The quantitative estimate of drug-likeness (QED) is 0.527. The number of aromatic nitrogens is 2. The summed E-state index contributed by atoms with van der Waals surface area (Å²) in [6.07, 6.45) is 4.41. The second-order valence-electron chi connectivity index (χ2n) is 10.5. The minimum atomic E-state index is -0.556. The molecule has 2 heterocycles. The van der Waals surface area contributed by atoms with E-state index in [1.165, 1.54) is 24.5 Å². The largest absolute Gasteiger partial charge is 0.451 e. The number of halogens is 1. The summed E-state index contributed by atoms with van der Waals surface area (Å²) in [6, 6.07) is 3.87. The van der Waals surface area contributed by atoms with Crippen molar-refractivity contribution in [2.45, 2.75) is 66.0 Å². The first-order chi connectivity index (χ1) is 17.5. The standard InChI is InChI=1S/C27H38FN5O4/c1-7-33(18(2)3)25(34)21-13-20(28)10-11-22(21)36-23-15-29-17-31-24(23)32-12-8-9-19(16-32)14-30-26(35)37-27(4,5)6/h10-11,13,15,17-19H,7-9,12,14,16H2,1-6H3,(H,30,35)/t19-/m0/s1. The van der Waals surface area contributed by atoms with Gasteiger partial charge in [-0.1, -0.05) is 0 Å². The molecule has 1 fully saturated rings. The lowest BCUT2D eigenvalue weighted by Crippen LogP contribution is -2.42. The fraction of sp³-hybridized carbons (Fsp3) is 0.556. The van der Waals surface area contributed by atoms with Gasteiger partial charge in [0.1, 0.15) is 23.5 Å². The van der Waals surface area contributed by atoms with Crippen LogP contribution >= 0.6 is 0 Å². The Balaban J connectivity index is 1.78. The molecular weight excluding hydrogens is 477 g/mol. The molecule has 1 atom stereocenters. The Morgan fingerprint density at radius 1 is 1.27 bits per heavy atom. The van der Waals surface area contributed by atoms with Crippen LogP contribution in [0.4, 0.5) is 15.0 Å². The van der Waals surface area contributed by atoms with E-state index in [0.717, 1.165) is 19.4 Å². The monoisotopic (exact) mass is 515 g/mol. The third-order valence-corrected chi connectivity index (χ3v) is 6.03. The molecule has 3 rings (SSSR count). The second-order valence-corrected chi connectivity index (χ2v) is 10.5. The first kappa shape index (κ1) is 28.1. The first-order valence-electron chi connectivity index (χ1n) is 12.8. The molecule has 0 saturated carbocycles. The third-order valence-electron chi connectivity index (χ3n) is 6.03. The van der Waals surface area contributed by atoms with Crippen LogP contribution in [-0.2, 0) is 4.74 Å². The van der Waals surface area contributed by atoms with Gasteiger partial charge in [0, 0.05) is 32.2 Å². The van der Waals surface area contributed by atoms with Crippen LogP contribution in [0.1, 0.15) is 64.7 Å². The average Bonchev–Trinajstić information content (AvgIpc) is 2.83. The SMILES string of the molecule is CCN(C(=O)c1cc(F)ccc1Oc1cncnc1N1CCC[C@@H](CNC(=O)OC(C)(C)C)C1)C(C)C. The van der Waals surface area contributed by atoms with Gasteiger partial charge < -0.3 is 24.6 Å². The van der Waals surface area contributed by atoms with Crippen LogP contribution in [0.3, 0.4) is 0 Å². The van der Waals surface area contributed by atoms with E-state index in [2.05, 4.69) is 20.2 Å². The first-order valence-corrected chi connectivity index (χ1v) is 12.8. The van der Waals surface area contributed by atoms with Crippen LogP contribution in [0.15, 0.2) is 30.7 Å². The number of amides is 2. The zero-order valence-electron chi connectivity index (χ0n) is 22.6. The van der Waals surface area contributed by atoms with Crippen LogP contribution in [0, 0.1) is 11.7 Å². The molecule has 0 radical (unpaired) electrons. The molecule has 1 N–H and O–H groups in total. The fourth-order valence-corrected chi connectivity index (χ4v) is 4.36. The van der Waals surface area contributed by atoms with Gasteiger partial charge >= 0.3 is 6.09 Å². The van der Waals surface area contributed by atoms with Gasteiger partial charge in [-0.2, -0.15) is 0 Å². The lowest BCUT2D eigenvalue weighted by atomic mass is 9.98. The molecule has 0 spiro atoms. The van der Waals surface area contributed by atoms with E-state index in [0.29, 0.717) is 31.2 Å². The van der Waals surface area contributed by atoms with Gasteiger partial charge in [0.2, 0.25) is 0 Å². The molecular formula is C27H38FN5O4. The molecule has 0 unspecified atom stereocenters. The smallest absolute Gasteiger partial charge is 0.407 e. The highest BCUT2D eigenvalue weighted by molar-refractivity contribution is 5.97. The van der Waals surface area contributed by atoms with E-state index in [9.17, 15) is 14.0 Å². The summed E-state index contributed by atoms with van der Waals surface area (Å²) in [4.78, 5) is 37.6. The van der Waals surface area contributed by atoms with E-state index in [1.807, 2.05) is 41.5 Å². The van der Waals surface area contributed by atoms with E-state index < -0.39 is 17.5 Å². The Labute approximate surface area is 218 Å². The van der Waals surface area contributed by atoms with Crippen molar-refractivity contribution in [2.75, 3.05) is 31.1 Å². The summed E-state index contributed by atoms with van der Waals surface area (Å²) < 4.78 is 25.7. The summed E-state index contributed by atoms with van der Waals surface area (Å²) >= 11 is 0. The molecule has 1 aromatic heterocycles. The van der Waals surface area contributed by atoms with Crippen LogP contribution < -0.4 is 15.0 Å². The highest BCUT2D eigenvalue weighted by Gasteiger charge is 2.27. The van der Waals surface area contributed by atoms with Crippen molar-refractivity contribution in [1.29, 1.82) is 0 Å². The van der Waals surface area contributed by atoms with Crippen molar-refractivity contribution in [1.82, 2.24) is 20.2 Å². The molecule has 0 aliphatic carbocycles. The number of hydrogen-bond donors (Lipinski definition) is 1. The van der Waals surface area contributed by atoms with Crippen LogP contribution in [0.5, 0.6) is 11.5 Å². The molecule has 0 bridgehead atoms. The number of carbonyl (C=O) groups is 2.